The van der Waals surface area contributed by atoms with E-state index in [4.69, 9.17) is 0 Å². The summed E-state index contributed by atoms with van der Waals surface area (Å²) in [5, 5.41) is 0. The van der Waals surface area contributed by atoms with Crippen molar-refractivity contribution < 1.29 is 4.57 Å². The Morgan fingerprint density at radius 2 is 1.70 bits per heavy atom. The van der Waals surface area contributed by atoms with Crippen LogP contribution in [0.25, 0.3) is 11.3 Å². The maximum absolute atomic E-state index is 2.37. The van der Waals surface area contributed by atoms with E-state index < -0.39 is 0 Å². The lowest BCUT2D eigenvalue weighted by Crippen LogP contribution is -2.30. The minimum Gasteiger partial charge on any atom is -0.201 e. The number of pyridine rings is 1. The summed E-state index contributed by atoms with van der Waals surface area (Å²) in [5.41, 5.74) is 6.79. The second kappa shape index (κ2) is 6.21. The van der Waals surface area contributed by atoms with Crippen LogP contribution in [0.5, 0.6) is 0 Å². The first-order chi connectivity index (χ1) is 9.56. The largest absolute Gasteiger partial charge is 0.212 e. The fourth-order valence-corrected chi connectivity index (χ4v) is 2.93. The molecule has 0 spiro atoms. The standard InChI is InChI=1S/C19H26N/c1-6-16(7-2)17-8-9-18(15(4)13-17)19-12-14(3)10-11-20(19)5/h8-13,16H,6-7H2,1-5H3/q+1. The predicted octanol–water partition coefficient (Wildman–Crippen LogP) is 4.70. The molecule has 1 heteroatoms. The molecule has 0 aliphatic carbocycles. The fraction of sp³-hybridized carbons (Fsp3) is 0.421. The van der Waals surface area contributed by atoms with E-state index in [1.807, 2.05) is 0 Å². The van der Waals surface area contributed by atoms with E-state index in [1.165, 1.54) is 40.8 Å². The monoisotopic (exact) mass is 268 g/mol. The van der Waals surface area contributed by atoms with Gasteiger partial charge in [0.15, 0.2) is 6.20 Å². The molecular weight excluding hydrogens is 242 g/mol. The van der Waals surface area contributed by atoms with E-state index in [1.54, 1.807) is 0 Å². The number of aromatic nitrogens is 1. The molecule has 0 aliphatic heterocycles. The minimum atomic E-state index is 0.689. The highest BCUT2D eigenvalue weighted by molar-refractivity contribution is 5.62. The van der Waals surface area contributed by atoms with Gasteiger partial charge in [0.25, 0.3) is 0 Å². The van der Waals surface area contributed by atoms with Crippen molar-refractivity contribution in [2.45, 2.75) is 46.5 Å². The van der Waals surface area contributed by atoms with Gasteiger partial charge in [0.05, 0.1) is 0 Å². The van der Waals surface area contributed by atoms with E-state index in [0.29, 0.717) is 5.92 Å². The van der Waals surface area contributed by atoms with E-state index in [0.717, 1.165) is 0 Å². The van der Waals surface area contributed by atoms with E-state index in [2.05, 4.69) is 75.8 Å². The van der Waals surface area contributed by atoms with Crippen LogP contribution >= 0.6 is 0 Å². The van der Waals surface area contributed by atoms with Crippen LogP contribution in [0.2, 0.25) is 0 Å². The van der Waals surface area contributed by atoms with Gasteiger partial charge in [-0.25, -0.2) is 4.57 Å². The maximum atomic E-state index is 2.37. The van der Waals surface area contributed by atoms with Gasteiger partial charge in [-0.2, -0.15) is 0 Å². The van der Waals surface area contributed by atoms with Crippen LogP contribution in [0.3, 0.4) is 0 Å². The lowest BCUT2D eigenvalue weighted by Gasteiger charge is -2.15. The van der Waals surface area contributed by atoms with Crippen LogP contribution in [0.4, 0.5) is 0 Å². The van der Waals surface area contributed by atoms with Crippen molar-refractivity contribution in [1.29, 1.82) is 0 Å². The van der Waals surface area contributed by atoms with Gasteiger partial charge in [0.2, 0.25) is 5.69 Å². The van der Waals surface area contributed by atoms with Gasteiger partial charge in [-0.15, -0.1) is 0 Å². The quantitative estimate of drug-likeness (QED) is 0.708. The van der Waals surface area contributed by atoms with Crippen molar-refractivity contribution in [3.05, 3.63) is 53.2 Å². The predicted molar refractivity (Wildman–Crippen MR) is 85.9 cm³/mol. The Kier molecular flexibility index (Phi) is 4.59. The molecule has 1 heterocycles. The molecule has 0 aliphatic rings. The molecule has 0 saturated heterocycles. The number of rotatable bonds is 4. The molecule has 0 radical (unpaired) electrons. The van der Waals surface area contributed by atoms with Crippen molar-refractivity contribution in [1.82, 2.24) is 0 Å². The third-order valence-electron chi connectivity index (χ3n) is 4.29. The van der Waals surface area contributed by atoms with Crippen LogP contribution in [-0.2, 0) is 7.05 Å². The number of benzene rings is 1. The molecule has 1 nitrogen and oxygen atoms in total. The van der Waals surface area contributed by atoms with Crippen LogP contribution in [0.15, 0.2) is 36.5 Å². The fourth-order valence-electron chi connectivity index (χ4n) is 2.93. The van der Waals surface area contributed by atoms with Gasteiger partial charge in [0.1, 0.15) is 7.05 Å². The molecule has 0 unspecified atom stereocenters. The summed E-state index contributed by atoms with van der Waals surface area (Å²) < 4.78 is 2.20. The Morgan fingerprint density at radius 3 is 2.30 bits per heavy atom. The van der Waals surface area contributed by atoms with Gasteiger partial charge in [-0.05, 0) is 55.4 Å². The highest BCUT2D eigenvalue weighted by Crippen LogP contribution is 2.28. The molecular formula is C19H26N+. The summed E-state index contributed by atoms with van der Waals surface area (Å²) in [6.07, 6.45) is 4.57. The molecule has 2 rings (SSSR count). The molecule has 0 amide bonds. The van der Waals surface area contributed by atoms with Gasteiger partial charge in [-0.3, -0.25) is 0 Å². The molecule has 0 bridgehead atoms. The molecule has 2 aromatic rings. The summed E-state index contributed by atoms with van der Waals surface area (Å²) in [4.78, 5) is 0. The lowest BCUT2D eigenvalue weighted by molar-refractivity contribution is -0.660. The second-order valence-electron chi connectivity index (χ2n) is 5.79. The summed E-state index contributed by atoms with van der Waals surface area (Å²) in [6.45, 7) is 8.93. The Bertz CT molecular complexity index is 595. The Balaban J connectivity index is 2.46. The number of aryl methyl sites for hydroxylation is 3. The molecule has 1 aromatic heterocycles. The molecule has 0 atom stereocenters. The van der Waals surface area contributed by atoms with Crippen LogP contribution in [0.1, 0.15) is 49.3 Å². The van der Waals surface area contributed by atoms with Crippen molar-refractivity contribution in [3.63, 3.8) is 0 Å². The van der Waals surface area contributed by atoms with E-state index in [9.17, 15) is 0 Å². The molecule has 0 saturated carbocycles. The lowest BCUT2D eigenvalue weighted by atomic mass is 9.90. The molecule has 106 valence electrons. The molecule has 0 N–H and O–H groups in total. The second-order valence-corrected chi connectivity index (χ2v) is 5.79. The van der Waals surface area contributed by atoms with E-state index >= 15 is 0 Å². The first-order valence-corrected chi connectivity index (χ1v) is 7.64. The zero-order chi connectivity index (χ0) is 14.7. The van der Waals surface area contributed by atoms with Crippen LogP contribution in [-0.4, -0.2) is 0 Å². The molecule has 20 heavy (non-hydrogen) atoms. The molecule has 1 aromatic carbocycles. The third kappa shape index (κ3) is 2.92. The Labute approximate surface area is 123 Å². The van der Waals surface area contributed by atoms with E-state index in [-0.39, 0.29) is 0 Å². The van der Waals surface area contributed by atoms with Crippen molar-refractivity contribution in [2.75, 3.05) is 0 Å². The first kappa shape index (κ1) is 14.8. The summed E-state index contributed by atoms with van der Waals surface area (Å²) >= 11 is 0. The highest BCUT2D eigenvalue weighted by Gasteiger charge is 2.14. The SMILES string of the molecule is CCC(CC)c1ccc(-c2cc(C)cc[n+]2C)c(C)c1. The van der Waals surface area contributed by atoms with Crippen LogP contribution in [0, 0.1) is 13.8 Å². The zero-order valence-electron chi connectivity index (χ0n) is 13.4. The minimum absolute atomic E-state index is 0.689. The van der Waals surface area contributed by atoms with Gasteiger partial charge in [-0.1, -0.05) is 26.0 Å². The Morgan fingerprint density at radius 1 is 1.00 bits per heavy atom. The summed E-state index contributed by atoms with van der Waals surface area (Å²) in [6, 6.07) is 11.4. The summed E-state index contributed by atoms with van der Waals surface area (Å²) in [7, 11) is 2.11. The number of hydrogen-bond donors (Lipinski definition) is 0. The molecule has 0 fully saturated rings. The van der Waals surface area contributed by atoms with Gasteiger partial charge >= 0.3 is 0 Å². The van der Waals surface area contributed by atoms with Crippen molar-refractivity contribution in [2.24, 2.45) is 7.05 Å². The smallest absolute Gasteiger partial charge is 0.201 e. The van der Waals surface area contributed by atoms with Gasteiger partial charge < -0.3 is 0 Å². The van der Waals surface area contributed by atoms with Crippen molar-refractivity contribution >= 4 is 0 Å². The first-order valence-electron chi connectivity index (χ1n) is 7.64. The Hall–Kier alpha value is -1.63. The van der Waals surface area contributed by atoms with Crippen LogP contribution < -0.4 is 4.57 Å². The summed E-state index contributed by atoms with van der Waals surface area (Å²) in [5.74, 6) is 0.689. The third-order valence-corrected chi connectivity index (χ3v) is 4.29. The normalized spacial score (nSPS) is 11.1. The van der Waals surface area contributed by atoms with Crippen molar-refractivity contribution in [3.8, 4) is 11.3 Å². The van der Waals surface area contributed by atoms with Gasteiger partial charge in [0, 0.05) is 17.7 Å². The number of hydrogen-bond acceptors (Lipinski definition) is 0. The zero-order valence-corrected chi connectivity index (χ0v) is 13.4. The average molecular weight is 268 g/mol. The number of nitrogens with zero attached hydrogens (tertiary/aromatic N) is 1. The average Bonchev–Trinajstić information content (AvgIpc) is 2.43. The maximum Gasteiger partial charge on any atom is 0.212 e. The topological polar surface area (TPSA) is 3.88 Å². The highest BCUT2D eigenvalue weighted by atomic mass is 14.9.